The average Bonchev–Trinajstić information content (AvgIpc) is 3.12. The van der Waals surface area contributed by atoms with E-state index in [-0.39, 0.29) is 11.9 Å². The van der Waals surface area contributed by atoms with Crippen molar-refractivity contribution in [3.63, 3.8) is 0 Å². The maximum absolute atomic E-state index is 12.8. The van der Waals surface area contributed by atoms with Crippen LogP contribution in [0.1, 0.15) is 45.0 Å². The minimum atomic E-state index is -0.119. The van der Waals surface area contributed by atoms with Crippen LogP contribution < -0.4 is 0 Å². The van der Waals surface area contributed by atoms with Crippen LogP contribution in [0.5, 0.6) is 0 Å². The standard InChI is InChI=1S/C19H26N4O2/c1-14(2)22(3)13-17(24)23-12-8-7-11-16(23)19-20-18(21-25-19)15-9-5-4-6-10-15/h4-6,9-10,14,16H,7-8,11-13H2,1-3H3/t16-/m0/s1. The number of aromatic nitrogens is 2. The van der Waals surface area contributed by atoms with Crippen LogP contribution in [0.2, 0.25) is 0 Å². The van der Waals surface area contributed by atoms with Gasteiger partial charge in [0.1, 0.15) is 6.04 Å². The largest absolute Gasteiger partial charge is 0.337 e. The molecule has 1 aromatic heterocycles. The molecule has 2 aromatic rings. The molecule has 0 bridgehead atoms. The molecule has 0 radical (unpaired) electrons. The van der Waals surface area contributed by atoms with Crippen molar-refractivity contribution in [3.05, 3.63) is 36.2 Å². The molecule has 1 amide bonds. The first-order chi connectivity index (χ1) is 12.1. The third-order valence-corrected chi connectivity index (χ3v) is 4.85. The van der Waals surface area contributed by atoms with Gasteiger partial charge in [0.05, 0.1) is 6.54 Å². The lowest BCUT2D eigenvalue weighted by Gasteiger charge is -2.35. The Bertz CT molecular complexity index is 698. The summed E-state index contributed by atoms with van der Waals surface area (Å²) >= 11 is 0. The van der Waals surface area contributed by atoms with Crippen molar-refractivity contribution >= 4 is 5.91 Å². The number of nitrogens with zero attached hydrogens (tertiary/aromatic N) is 4. The Morgan fingerprint density at radius 2 is 2.08 bits per heavy atom. The van der Waals surface area contributed by atoms with E-state index in [0.717, 1.165) is 31.4 Å². The lowest BCUT2D eigenvalue weighted by atomic mass is 10.0. The molecule has 6 nitrogen and oxygen atoms in total. The van der Waals surface area contributed by atoms with Gasteiger partial charge >= 0.3 is 0 Å². The molecule has 25 heavy (non-hydrogen) atoms. The van der Waals surface area contributed by atoms with Crippen LogP contribution in [0.15, 0.2) is 34.9 Å². The van der Waals surface area contributed by atoms with Gasteiger partial charge in [0.25, 0.3) is 0 Å². The molecule has 1 aromatic carbocycles. The summed E-state index contributed by atoms with van der Waals surface area (Å²) in [6.45, 7) is 5.34. The lowest BCUT2D eigenvalue weighted by molar-refractivity contribution is -0.137. The summed E-state index contributed by atoms with van der Waals surface area (Å²) in [6.07, 6.45) is 2.96. The number of piperidine rings is 1. The van der Waals surface area contributed by atoms with Gasteiger partial charge in [0.2, 0.25) is 17.6 Å². The molecule has 134 valence electrons. The van der Waals surface area contributed by atoms with Crippen LogP contribution in [-0.2, 0) is 4.79 Å². The van der Waals surface area contributed by atoms with Crippen molar-refractivity contribution in [1.29, 1.82) is 0 Å². The molecule has 2 heterocycles. The maximum atomic E-state index is 12.8. The average molecular weight is 342 g/mol. The summed E-state index contributed by atoms with van der Waals surface area (Å²) < 4.78 is 5.52. The number of carbonyl (C=O) groups excluding carboxylic acids is 1. The van der Waals surface area contributed by atoms with Crippen LogP contribution in [0.3, 0.4) is 0 Å². The van der Waals surface area contributed by atoms with Crippen LogP contribution >= 0.6 is 0 Å². The molecule has 1 fully saturated rings. The highest BCUT2D eigenvalue weighted by molar-refractivity contribution is 5.78. The molecule has 1 saturated heterocycles. The number of hydrogen-bond donors (Lipinski definition) is 0. The van der Waals surface area contributed by atoms with Crippen molar-refractivity contribution in [1.82, 2.24) is 19.9 Å². The van der Waals surface area contributed by atoms with E-state index in [4.69, 9.17) is 4.52 Å². The highest BCUT2D eigenvalue weighted by atomic mass is 16.5. The van der Waals surface area contributed by atoms with Gasteiger partial charge < -0.3 is 9.42 Å². The van der Waals surface area contributed by atoms with Gasteiger partial charge in [-0.2, -0.15) is 4.98 Å². The van der Waals surface area contributed by atoms with Gasteiger partial charge in [-0.25, -0.2) is 0 Å². The van der Waals surface area contributed by atoms with Crippen molar-refractivity contribution < 1.29 is 9.32 Å². The molecular weight excluding hydrogens is 316 g/mol. The second-order valence-corrected chi connectivity index (χ2v) is 6.93. The van der Waals surface area contributed by atoms with Gasteiger partial charge in [-0.1, -0.05) is 35.5 Å². The summed E-state index contributed by atoms with van der Waals surface area (Å²) in [5.74, 6) is 1.24. The van der Waals surface area contributed by atoms with E-state index in [9.17, 15) is 4.79 Å². The summed E-state index contributed by atoms with van der Waals surface area (Å²) in [7, 11) is 1.97. The highest BCUT2D eigenvalue weighted by Crippen LogP contribution is 2.31. The smallest absolute Gasteiger partial charge is 0.249 e. The Morgan fingerprint density at radius 3 is 2.80 bits per heavy atom. The first-order valence-electron chi connectivity index (χ1n) is 8.95. The number of amides is 1. The Morgan fingerprint density at radius 1 is 1.32 bits per heavy atom. The van der Waals surface area contributed by atoms with Crippen molar-refractivity contribution in [2.24, 2.45) is 0 Å². The molecule has 1 atom stereocenters. The van der Waals surface area contributed by atoms with Gasteiger partial charge in [0.15, 0.2) is 0 Å². The fourth-order valence-corrected chi connectivity index (χ4v) is 3.05. The zero-order valence-corrected chi connectivity index (χ0v) is 15.2. The predicted octanol–water partition coefficient (Wildman–Crippen LogP) is 3.13. The molecule has 1 aliphatic heterocycles. The van der Waals surface area contributed by atoms with E-state index in [0.29, 0.717) is 24.3 Å². The normalized spacial score (nSPS) is 18.1. The molecular formula is C19H26N4O2. The summed E-state index contributed by atoms with van der Waals surface area (Å²) in [4.78, 5) is 21.3. The van der Waals surface area contributed by atoms with Crippen LogP contribution in [0, 0.1) is 0 Å². The Hall–Kier alpha value is -2.21. The SMILES string of the molecule is CC(C)N(C)CC(=O)N1CCCC[C@H]1c1nc(-c2ccccc2)no1. The molecule has 0 N–H and O–H groups in total. The minimum absolute atomic E-state index is 0.119. The number of benzene rings is 1. The van der Waals surface area contributed by atoms with Gasteiger partial charge in [-0.05, 0) is 40.2 Å². The van der Waals surface area contributed by atoms with Crippen molar-refractivity contribution in [3.8, 4) is 11.4 Å². The Kier molecular flexibility index (Phi) is 5.48. The van der Waals surface area contributed by atoms with Crippen LogP contribution in [0.4, 0.5) is 0 Å². The molecule has 0 spiro atoms. The fourth-order valence-electron chi connectivity index (χ4n) is 3.05. The molecule has 0 aliphatic carbocycles. The molecule has 3 rings (SSSR count). The second kappa shape index (κ2) is 7.78. The van der Waals surface area contributed by atoms with Gasteiger partial charge in [-0.3, -0.25) is 9.69 Å². The van der Waals surface area contributed by atoms with E-state index < -0.39 is 0 Å². The Labute approximate surface area is 148 Å². The predicted molar refractivity (Wildman–Crippen MR) is 95.8 cm³/mol. The molecule has 0 saturated carbocycles. The topological polar surface area (TPSA) is 62.5 Å². The lowest BCUT2D eigenvalue weighted by Crippen LogP contribution is -2.45. The summed E-state index contributed by atoms with van der Waals surface area (Å²) in [6, 6.07) is 9.98. The monoisotopic (exact) mass is 342 g/mol. The van der Waals surface area contributed by atoms with E-state index in [2.05, 4.69) is 28.9 Å². The first kappa shape index (κ1) is 17.6. The maximum Gasteiger partial charge on any atom is 0.249 e. The number of hydrogen-bond acceptors (Lipinski definition) is 5. The fraction of sp³-hybridized carbons (Fsp3) is 0.526. The third kappa shape index (κ3) is 4.07. The van der Waals surface area contributed by atoms with E-state index in [1.54, 1.807) is 0 Å². The van der Waals surface area contributed by atoms with Crippen LogP contribution in [-0.4, -0.2) is 52.0 Å². The van der Waals surface area contributed by atoms with Crippen molar-refractivity contribution in [2.45, 2.75) is 45.2 Å². The summed E-state index contributed by atoms with van der Waals surface area (Å²) in [5, 5.41) is 4.11. The van der Waals surface area contributed by atoms with E-state index >= 15 is 0 Å². The molecule has 6 heteroatoms. The van der Waals surface area contributed by atoms with Gasteiger partial charge in [0, 0.05) is 18.2 Å². The Balaban J connectivity index is 1.77. The number of rotatable bonds is 5. The minimum Gasteiger partial charge on any atom is -0.337 e. The zero-order chi connectivity index (χ0) is 17.8. The first-order valence-corrected chi connectivity index (χ1v) is 8.95. The van der Waals surface area contributed by atoms with E-state index in [1.165, 1.54) is 0 Å². The number of likely N-dealkylation sites (N-methyl/N-ethyl adjacent to an activating group) is 1. The zero-order valence-electron chi connectivity index (χ0n) is 15.2. The van der Waals surface area contributed by atoms with Crippen molar-refractivity contribution in [2.75, 3.05) is 20.1 Å². The third-order valence-electron chi connectivity index (χ3n) is 4.85. The molecule has 1 aliphatic rings. The van der Waals surface area contributed by atoms with Gasteiger partial charge in [-0.15, -0.1) is 0 Å². The second-order valence-electron chi connectivity index (χ2n) is 6.93. The number of carbonyl (C=O) groups is 1. The van der Waals surface area contributed by atoms with Crippen LogP contribution in [0.25, 0.3) is 11.4 Å². The quantitative estimate of drug-likeness (QED) is 0.835. The molecule has 0 unspecified atom stereocenters. The number of likely N-dealkylation sites (tertiary alicyclic amines) is 1. The van der Waals surface area contributed by atoms with E-state index in [1.807, 2.05) is 42.3 Å². The highest BCUT2D eigenvalue weighted by Gasteiger charge is 2.32. The summed E-state index contributed by atoms with van der Waals surface area (Å²) in [5.41, 5.74) is 0.922.